The monoisotopic (exact) mass is 371 g/mol. The Labute approximate surface area is 157 Å². The SMILES string of the molecule is CN1CCN(C(=O)c2cc(F)cc(C(O)(C(N)=O)c3ccccc3)c2)CC1. The van der Waals surface area contributed by atoms with Crippen molar-refractivity contribution in [3.63, 3.8) is 0 Å². The van der Waals surface area contributed by atoms with E-state index in [1.807, 2.05) is 7.05 Å². The van der Waals surface area contributed by atoms with Gasteiger partial charge in [0, 0.05) is 37.3 Å². The molecule has 0 spiro atoms. The van der Waals surface area contributed by atoms with Crippen LogP contribution in [-0.2, 0) is 10.4 Å². The predicted molar refractivity (Wildman–Crippen MR) is 98.4 cm³/mol. The molecule has 1 aliphatic heterocycles. The van der Waals surface area contributed by atoms with Crippen LogP contribution in [0.25, 0.3) is 0 Å². The van der Waals surface area contributed by atoms with E-state index in [-0.39, 0.29) is 22.6 Å². The Balaban J connectivity index is 2.01. The molecule has 1 fully saturated rings. The first-order valence-electron chi connectivity index (χ1n) is 8.69. The van der Waals surface area contributed by atoms with Crippen molar-refractivity contribution in [3.8, 4) is 0 Å². The molecular weight excluding hydrogens is 349 g/mol. The van der Waals surface area contributed by atoms with E-state index in [1.54, 1.807) is 23.1 Å². The fourth-order valence-electron chi connectivity index (χ4n) is 3.24. The summed E-state index contributed by atoms with van der Waals surface area (Å²) < 4.78 is 14.3. The van der Waals surface area contributed by atoms with Crippen LogP contribution >= 0.6 is 0 Å². The van der Waals surface area contributed by atoms with E-state index < -0.39 is 17.3 Å². The highest BCUT2D eigenvalue weighted by Crippen LogP contribution is 2.31. The van der Waals surface area contributed by atoms with Crippen LogP contribution in [0.15, 0.2) is 48.5 Å². The number of nitrogens with two attached hydrogens (primary N) is 1. The molecule has 7 heteroatoms. The lowest BCUT2D eigenvalue weighted by atomic mass is 9.84. The Kier molecular flexibility index (Phi) is 5.25. The van der Waals surface area contributed by atoms with Crippen molar-refractivity contribution in [1.29, 1.82) is 0 Å². The third-order valence-corrected chi connectivity index (χ3v) is 4.90. The highest BCUT2D eigenvalue weighted by molar-refractivity contribution is 5.95. The number of hydrogen-bond donors (Lipinski definition) is 2. The van der Waals surface area contributed by atoms with Gasteiger partial charge in [-0.2, -0.15) is 0 Å². The minimum absolute atomic E-state index is 0.0707. The number of benzene rings is 2. The number of nitrogens with zero attached hydrogens (tertiary/aromatic N) is 2. The van der Waals surface area contributed by atoms with E-state index in [2.05, 4.69) is 4.90 Å². The molecule has 1 unspecified atom stereocenters. The third kappa shape index (κ3) is 3.70. The minimum atomic E-state index is -2.24. The van der Waals surface area contributed by atoms with Gasteiger partial charge in [-0.1, -0.05) is 30.3 Å². The van der Waals surface area contributed by atoms with Crippen molar-refractivity contribution < 1.29 is 19.1 Å². The average molecular weight is 371 g/mol. The molecule has 0 aromatic heterocycles. The zero-order valence-electron chi connectivity index (χ0n) is 15.1. The molecule has 2 aromatic rings. The topological polar surface area (TPSA) is 86.9 Å². The zero-order chi connectivity index (χ0) is 19.6. The zero-order valence-corrected chi connectivity index (χ0v) is 15.1. The van der Waals surface area contributed by atoms with E-state index in [4.69, 9.17) is 5.73 Å². The molecule has 2 aromatic carbocycles. The second kappa shape index (κ2) is 7.46. The van der Waals surface area contributed by atoms with Crippen molar-refractivity contribution in [2.75, 3.05) is 33.2 Å². The van der Waals surface area contributed by atoms with Crippen LogP contribution in [0.5, 0.6) is 0 Å². The maximum Gasteiger partial charge on any atom is 0.258 e. The quantitative estimate of drug-likeness (QED) is 0.837. The summed E-state index contributed by atoms with van der Waals surface area (Å²) in [6.45, 7) is 2.51. The van der Waals surface area contributed by atoms with E-state index in [1.165, 1.54) is 18.2 Å². The van der Waals surface area contributed by atoms with Gasteiger partial charge in [0.05, 0.1) is 0 Å². The summed E-state index contributed by atoms with van der Waals surface area (Å²) in [5.41, 5.74) is 3.43. The van der Waals surface area contributed by atoms with Crippen LogP contribution in [0.2, 0.25) is 0 Å². The van der Waals surface area contributed by atoms with E-state index >= 15 is 0 Å². The van der Waals surface area contributed by atoms with Gasteiger partial charge in [0.2, 0.25) is 0 Å². The third-order valence-electron chi connectivity index (χ3n) is 4.90. The first-order chi connectivity index (χ1) is 12.8. The van der Waals surface area contributed by atoms with E-state index in [9.17, 15) is 19.1 Å². The van der Waals surface area contributed by atoms with Gasteiger partial charge in [-0.05, 0) is 30.8 Å². The number of hydrogen-bond acceptors (Lipinski definition) is 4. The van der Waals surface area contributed by atoms with Gasteiger partial charge >= 0.3 is 0 Å². The van der Waals surface area contributed by atoms with Gasteiger partial charge in [-0.3, -0.25) is 9.59 Å². The summed E-state index contributed by atoms with van der Waals surface area (Å²) in [7, 11) is 1.97. The Morgan fingerprint density at radius 2 is 1.67 bits per heavy atom. The smallest absolute Gasteiger partial charge is 0.258 e. The van der Waals surface area contributed by atoms with E-state index in [0.29, 0.717) is 13.1 Å². The number of aliphatic hydroxyl groups is 1. The molecule has 0 bridgehead atoms. The maximum atomic E-state index is 14.3. The number of likely N-dealkylation sites (N-methyl/N-ethyl adjacent to an activating group) is 1. The summed E-state index contributed by atoms with van der Waals surface area (Å²) >= 11 is 0. The van der Waals surface area contributed by atoms with Crippen LogP contribution in [-0.4, -0.2) is 59.9 Å². The van der Waals surface area contributed by atoms with Gasteiger partial charge in [-0.15, -0.1) is 0 Å². The molecule has 1 saturated heterocycles. The average Bonchev–Trinajstić information content (AvgIpc) is 2.67. The van der Waals surface area contributed by atoms with Crippen LogP contribution < -0.4 is 5.73 Å². The molecule has 6 nitrogen and oxygen atoms in total. The van der Waals surface area contributed by atoms with Crippen LogP contribution in [0.1, 0.15) is 21.5 Å². The van der Waals surface area contributed by atoms with Gasteiger partial charge in [0.15, 0.2) is 5.60 Å². The lowest BCUT2D eigenvalue weighted by molar-refractivity contribution is -0.133. The number of amides is 2. The van der Waals surface area contributed by atoms with Crippen molar-refractivity contribution in [3.05, 3.63) is 71.0 Å². The molecule has 0 aliphatic carbocycles. The predicted octanol–water partition coefficient (Wildman–Crippen LogP) is 0.934. The summed E-state index contributed by atoms with van der Waals surface area (Å²) in [5.74, 6) is -2.11. The number of carbonyl (C=O) groups excluding carboxylic acids is 2. The standard InChI is InChI=1S/C20H22FN3O3/c1-23-7-9-24(10-8-23)18(25)14-11-16(13-17(21)12-14)20(27,19(22)26)15-5-3-2-4-6-15/h2-6,11-13,27H,7-10H2,1H3,(H2,22,26). The molecule has 1 atom stereocenters. The molecular formula is C20H22FN3O3. The van der Waals surface area contributed by atoms with Gasteiger partial charge < -0.3 is 20.6 Å². The molecule has 142 valence electrons. The first-order valence-corrected chi connectivity index (χ1v) is 8.69. The largest absolute Gasteiger partial charge is 0.372 e. The van der Waals surface area contributed by atoms with Gasteiger partial charge in [-0.25, -0.2) is 4.39 Å². The Bertz CT molecular complexity index is 851. The molecule has 3 rings (SSSR count). The molecule has 27 heavy (non-hydrogen) atoms. The van der Waals surface area contributed by atoms with Crippen molar-refractivity contribution in [2.45, 2.75) is 5.60 Å². The lowest BCUT2D eigenvalue weighted by Crippen LogP contribution is -2.47. The molecule has 1 aliphatic rings. The number of piperazine rings is 1. The Hall–Kier alpha value is -2.77. The van der Waals surface area contributed by atoms with Crippen molar-refractivity contribution >= 4 is 11.8 Å². The summed E-state index contributed by atoms with van der Waals surface area (Å²) in [6.07, 6.45) is 0. The second-order valence-electron chi connectivity index (χ2n) is 6.76. The summed E-state index contributed by atoms with van der Waals surface area (Å²) in [5, 5.41) is 11.0. The minimum Gasteiger partial charge on any atom is -0.372 e. The normalized spacial score (nSPS) is 17.4. The van der Waals surface area contributed by atoms with Crippen LogP contribution in [0.3, 0.4) is 0 Å². The summed E-state index contributed by atoms with van der Waals surface area (Å²) in [4.78, 5) is 28.6. The highest BCUT2D eigenvalue weighted by Gasteiger charge is 2.39. The van der Waals surface area contributed by atoms with Gasteiger partial charge in [0.25, 0.3) is 11.8 Å². The molecule has 2 amide bonds. The van der Waals surface area contributed by atoms with E-state index in [0.717, 1.165) is 25.2 Å². The molecule has 1 heterocycles. The molecule has 0 radical (unpaired) electrons. The van der Waals surface area contributed by atoms with Crippen LogP contribution in [0.4, 0.5) is 4.39 Å². The second-order valence-corrected chi connectivity index (χ2v) is 6.76. The molecule has 3 N–H and O–H groups in total. The summed E-state index contributed by atoms with van der Waals surface area (Å²) in [6, 6.07) is 11.5. The number of halogens is 1. The first kappa shape index (κ1) is 19.0. The van der Waals surface area contributed by atoms with Crippen molar-refractivity contribution in [1.82, 2.24) is 9.80 Å². The number of rotatable bonds is 4. The lowest BCUT2D eigenvalue weighted by Gasteiger charge is -2.33. The van der Waals surface area contributed by atoms with Gasteiger partial charge in [0.1, 0.15) is 5.82 Å². The Morgan fingerprint density at radius 3 is 2.26 bits per heavy atom. The Morgan fingerprint density at radius 1 is 1.04 bits per heavy atom. The fraction of sp³-hybridized carbons (Fsp3) is 0.300. The highest BCUT2D eigenvalue weighted by atomic mass is 19.1. The van der Waals surface area contributed by atoms with Crippen LogP contribution in [0, 0.1) is 5.82 Å². The van der Waals surface area contributed by atoms with Crippen molar-refractivity contribution in [2.24, 2.45) is 5.73 Å². The number of primary amides is 1. The molecule has 0 saturated carbocycles. The maximum absolute atomic E-state index is 14.3. The number of carbonyl (C=O) groups is 2. The fourth-order valence-corrected chi connectivity index (χ4v) is 3.24.